The topological polar surface area (TPSA) is 83.1 Å². The molecular formula is C16H19N3O3S. The van der Waals surface area contributed by atoms with Crippen LogP contribution in [-0.2, 0) is 23.0 Å². The molecule has 1 aliphatic heterocycles. The molecule has 1 aromatic carbocycles. The lowest BCUT2D eigenvalue weighted by molar-refractivity contribution is 0.382. The summed E-state index contributed by atoms with van der Waals surface area (Å²) in [4.78, 5) is 18.4. The van der Waals surface area contributed by atoms with E-state index < -0.39 is 10.0 Å². The number of hydrogen-bond acceptors (Lipinski definition) is 4. The Labute approximate surface area is 135 Å². The molecule has 1 atom stereocenters. The number of aromatic amines is 1. The molecule has 2 heterocycles. The predicted molar refractivity (Wildman–Crippen MR) is 87.6 cm³/mol. The number of benzene rings is 1. The maximum atomic E-state index is 12.7. The standard InChI is InChI=1S/C16H19N3O3S/c1-12(13-5-3-2-4-6-13)10-23(21,22)19-8-7-14-15(9-19)17-11-18-16(14)20/h2-6,11-12H,7-10H2,1H3,(H,17,18,20)/t12-/m0/s1. The number of rotatable bonds is 4. The van der Waals surface area contributed by atoms with Gasteiger partial charge in [-0.05, 0) is 17.9 Å². The Kier molecular flexibility index (Phi) is 4.32. The first-order valence-corrected chi connectivity index (χ1v) is 9.16. The summed E-state index contributed by atoms with van der Waals surface area (Å²) < 4.78 is 26.8. The van der Waals surface area contributed by atoms with Crippen molar-refractivity contribution in [2.24, 2.45) is 0 Å². The van der Waals surface area contributed by atoms with Crippen LogP contribution in [-0.4, -0.2) is 35.0 Å². The van der Waals surface area contributed by atoms with Gasteiger partial charge in [0.15, 0.2) is 0 Å². The van der Waals surface area contributed by atoms with Gasteiger partial charge in [-0.3, -0.25) is 4.79 Å². The van der Waals surface area contributed by atoms with Crippen LogP contribution in [0.25, 0.3) is 0 Å². The van der Waals surface area contributed by atoms with E-state index in [4.69, 9.17) is 0 Å². The first-order valence-electron chi connectivity index (χ1n) is 7.55. The molecule has 0 spiro atoms. The number of fused-ring (bicyclic) bond motifs is 1. The molecule has 1 N–H and O–H groups in total. The third-order valence-electron chi connectivity index (χ3n) is 4.20. The number of H-pyrrole nitrogens is 1. The second kappa shape index (κ2) is 6.25. The lowest BCUT2D eigenvalue weighted by Gasteiger charge is -2.27. The van der Waals surface area contributed by atoms with E-state index in [0.29, 0.717) is 24.2 Å². The van der Waals surface area contributed by atoms with Gasteiger partial charge in [0.05, 0.1) is 24.3 Å². The fourth-order valence-corrected chi connectivity index (χ4v) is 4.60. The summed E-state index contributed by atoms with van der Waals surface area (Å²) in [7, 11) is -3.41. The fraction of sp³-hybridized carbons (Fsp3) is 0.375. The molecule has 0 unspecified atom stereocenters. The maximum Gasteiger partial charge on any atom is 0.254 e. The lowest BCUT2D eigenvalue weighted by Crippen LogP contribution is -2.40. The van der Waals surface area contributed by atoms with Gasteiger partial charge in [-0.1, -0.05) is 37.3 Å². The van der Waals surface area contributed by atoms with E-state index >= 15 is 0 Å². The number of sulfonamides is 1. The van der Waals surface area contributed by atoms with Gasteiger partial charge in [-0.15, -0.1) is 0 Å². The minimum atomic E-state index is -3.41. The highest BCUT2D eigenvalue weighted by molar-refractivity contribution is 7.89. The van der Waals surface area contributed by atoms with E-state index in [0.717, 1.165) is 5.56 Å². The van der Waals surface area contributed by atoms with Gasteiger partial charge in [-0.2, -0.15) is 4.31 Å². The second-order valence-corrected chi connectivity index (χ2v) is 7.84. The minimum absolute atomic E-state index is 0.0511. The Bertz CT molecular complexity index is 846. The molecule has 1 aliphatic rings. The van der Waals surface area contributed by atoms with E-state index in [9.17, 15) is 13.2 Å². The van der Waals surface area contributed by atoms with Crippen molar-refractivity contribution >= 4 is 10.0 Å². The largest absolute Gasteiger partial charge is 0.313 e. The molecule has 0 saturated heterocycles. The molecule has 3 rings (SSSR count). The van der Waals surface area contributed by atoms with Gasteiger partial charge in [0.2, 0.25) is 10.0 Å². The van der Waals surface area contributed by atoms with Crippen LogP contribution in [0, 0.1) is 0 Å². The van der Waals surface area contributed by atoms with E-state index in [1.165, 1.54) is 10.6 Å². The van der Waals surface area contributed by atoms with Crippen molar-refractivity contribution in [3.63, 3.8) is 0 Å². The second-order valence-electron chi connectivity index (χ2n) is 5.83. The first-order chi connectivity index (χ1) is 11.0. The summed E-state index contributed by atoms with van der Waals surface area (Å²) in [6.07, 6.45) is 1.72. The van der Waals surface area contributed by atoms with Crippen molar-refractivity contribution in [3.8, 4) is 0 Å². The quantitative estimate of drug-likeness (QED) is 0.913. The van der Waals surface area contributed by atoms with Crippen LogP contribution in [0.4, 0.5) is 0 Å². The highest BCUT2D eigenvalue weighted by Gasteiger charge is 2.30. The summed E-state index contributed by atoms with van der Waals surface area (Å²) in [6, 6.07) is 9.60. The molecule has 0 saturated carbocycles. The molecule has 0 fully saturated rings. The third-order valence-corrected chi connectivity index (χ3v) is 6.22. The number of aromatic nitrogens is 2. The summed E-state index contributed by atoms with van der Waals surface area (Å²) in [5, 5.41) is 0. The van der Waals surface area contributed by atoms with Crippen molar-refractivity contribution in [3.05, 3.63) is 63.8 Å². The van der Waals surface area contributed by atoms with Crippen LogP contribution in [0.15, 0.2) is 41.5 Å². The van der Waals surface area contributed by atoms with Crippen LogP contribution < -0.4 is 5.56 Å². The summed E-state index contributed by atoms with van der Waals surface area (Å²) in [5.41, 5.74) is 1.97. The van der Waals surface area contributed by atoms with Crippen LogP contribution in [0.1, 0.15) is 29.7 Å². The highest BCUT2D eigenvalue weighted by Crippen LogP contribution is 2.22. The fourth-order valence-electron chi connectivity index (χ4n) is 2.88. The monoisotopic (exact) mass is 333 g/mol. The molecule has 122 valence electrons. The van der Waals surface area contributed by atoms with E-state index in [1.807, 2.05) is 37.3 Å². The molecule has 0 bridgehead atoms. The number of nitrogens with zero attached hydrogens (tertiary/aromatic N) is 2. The van der Waals surface area contributed by atoms with Gasteiger partial charge in [0.1, 0.15) is 0 Å². The summed E-state index contributed by atoms with van der Waals surface area (Å²) in [6.45, 7) is 2.41. The SMILES string of the molecule is C[C@@H](CS(=O)(=O)N1CCc2c(nc[nH]c2=O)C1)c1ccccc1. The smallest absolute Gasteiger partial charge is 0.254 e. The zero-order valence-corrected chi connectivity index (χ0v) is 13.7. The predicted octanol–water partition coefficient (Wildman–Crippen LogP) is 1.26. The Morgan fingerprint density at radius 1 is 1.30 bits per heavy atom. The van der Waals surface area contributed by atoms with E-state index in [2.05, 4.69) is 9.97 Å². The van der Waals surface area contributed by atoms with Gasteiger partial charge in [-0.25, -0.2) is 13.4 Å². The molecule has 7 heteroatoms. The van der Waals surface area contributed by atoms with Crippen LogP contribution >= 0.6 is 0 Å². The molecule has 0 aliphatic carbocycles. The summed E-state index contributed by atoms with van der Waals surface area (Å²) >= 11 is 0. The zero-order valence-electron chi connectivity index (χ0n) is 12.9. The molecule has 0 radical (unpaired) electrons. The third kappa shape index (κ3) is 3.35. The first kappa shape index (κ1) is 15.9. The highest BCUT2D eigenvalue weighted by atomic mass is 32.2. The van der Waals surface area contributed by atoms with Crippen LogP contribution in [0.2, 0.25) is 0 Å². The molecule has 23 heavy (non-hydrogen) atoms. The van der Waals surface area contributed by atoms with Gasteiger partial charge in [0.25, 0.3) is 5.56 Å². The van der Waals surface area contributed by atoms with Crippen molar-refractivity contribution in [2.75, 3.05) is 12.3 Å². The van der Waals surface area contributed by atoms with Crippen molar-refractivity contribution < 1.29 is 8.42 Å². The van der Waals surface area contributed by atoms with Gasteiger partial charge in [0, 0.05) is 12.1 Å². The molecular weight excluding hydrogens is 314 g/mol. The Morgan fingerprint density at radius 2 is 2.04 bits per heavy atom. The molecule has 1 aromatic heterocycles. The van der Waals surface area contributed by atoms with E-state index in [-0.39, 0.29) is 23.8 Å². The van der Waals surface area contributed by atoms with Crippen molar-refractivity contribution in [1.82, 2.24) is 14.3 Å². The molecule has 0 amide bonds. The van der Waals surface area contributed by atoms with Crippen LogP contribution in [0.3, 0.4) is 0 Å². The lowest BCUT2D eigenvalue weighted by atomic mass is 10.0. The summed E-state index contributed by atoms with van der Waals surface area (Å²) in [5.74, 6) is -0.0371. The van der Waals surface area contributed by atoms with Crippen molar-refractivity contribution in [1.29, 1.82) is 0 Å². The van der Waals surface area contributed by atoms with Crippen molar-refractivity contribution in [2.45, 2.75) is 25.8 Å². The van der Waals surface area contributed by atoms with Gasteiger partial charge < -0.3 is 4.98 Å². The van der Waals surface area contributed by atoms with Gasteiger partial charge >= 0.3 is 0 Å². The average molecular weight is 333 g/mol. The number of hydrogen-bond donors (Lipinski definition) is 1. The average Bonchev–Trinajstić information content (AvgIpc) is 2.55. The van der Waals surface area contributed by atoms with E-state index in [1.54, 1.807) is 0 Å². The molecule has 2 aromatic rings. The van der Waals surface area contributed by atoms with Crippen LogP contribution in [0.5, 0.6) is 0 Å². The minimum Gasteiger partial charge on any atom is -0.313 e. The Hall–Kier alpha value is -1.99. The Balaban J connectivity index is 1.78. The normalized spacial score (nSPS) is 16.7. The Morgan fingerprint density at radius 3 is 2.78 bits per heavy atom. The number of nitrogens with one attached hydrogen (secondary N) is 1. The molecule has 6 nitrogen and oxygen atoms in total. The zero-order chi connectivity index (χ0) is 16.4. The maximum absolute atomic E-state index is 12.7.